The summed E-state index contributed by atoms with van der Waals surface area (Å²) >= 11 is 0. The average molecular weight is 615 g/mol. The molecule has 1 saturated heterocycles. The summed E-state index contributed by atoms with van der Waals surface area (Å²) in [5.41, 5.74) is 5.08. The molecule has 0 radical (unpaired) electrons. The van der Waals surface area contributed by atoms with Crippen LogP contribution >= 0.6 is 0 Å². The molecule has 0 unspecified atom stereocenters. The van der Waals surface area contributed by atoms with E-state index in [1.165, 1.54) is 4.90 Å². The van der Waals surface area contributed by atoms with Gasteiger partial charge < -0.3 is 20.1 Å². The number of nitrogens with one attached hydrogen (secondary N) is 3. The smallest absolute Gasteiger partial charge is 0.255 e. The van der Waals surface area contributed by atoms with E-state index in [-0.39, 0.29) is 49.6 Å². The third-order valence-electron chi connectivity index (χ3n) is 8.58. The van der Waals surface area contributed by atoms with Crippen molar-refractivity contribution >= 4 is 51.5 Å². The van der Waals surface area contributed by atoms with Gasteiger partial charge in [-0.1, -0.05) is 42.5 Å². The number of pyridine rings is 1. The average Bonchev–Trinajstić information content (AvgIpc) is 3.57. The van der Waals surface area contributed by atoms with Crippen molar-refractivity contribution in [2.45, 2.75) is 45.1 Å². The van der Waals surface area contributed by atoms with Crippen LogP contribution in [0.5, 0.6) is 0 Å². The van der Waals surface area contributed by atoms with Crippen molar-refractivity contribution < 1.29 is 24.0 Å². The van der Waals surface area contributed by atoms with Gasteiger partial charge in [0.2, 0.25) is 17.7 Å². The van der Waals surface area contributed by atoms with Gasteiger partial charge in [-0.05, 0) is 59.5 Å². The lowest BCUT2D eigenvalue weighted by molar-refractivity contribution is -0.137. The molecule has 1 atom stereocenters. The van der Waals surface area contributed by atoms with Crippen molar-refractivity contribution in [3.63, 3.8) is 0 Å². The first-order valence-corrected chi connectivity index (χ1v) is 15.1. The van der Waals surface area contributed by atoms with E-state index >= 15 is 0 Å². The van der Waals surface area contributed by atoms with Gasteiger partial charge in [-0.2, -0.15) is 0 Å². The molecule has 3 aromatic carbocycles. The van der Waals surface area contributed by atoms with E-state index in [0.717, 1.165) is 33.1 Å². The Bertz CT molecular complexity index is 2000. The number of aromatic nitrogens is 2. The van der Waals surface area contributed by atoms with Gasteiger partial charge in [0.25, 0.3) is 11.8 Å². The van der Waals surface area contributed by atoms with Crippen LogP contribution in [0.15, 0.2) is 85.1 Å². The fourth-order valence-electron chi connectivity index (χ4n) is 6.21. The monoisotopic (exact) mass is 614 g/mol. The van der Waals surface area contributed by atoms with Crippen molar-refractivity contribution in [1.82, 2.24) is 30.4 Å². The normalized spacial score (nSPS) is 16.0. The van der Waals surface area contributed by atoms with Gasteiger partial charge in [-0.15, -0.1) is 0 Å². The number of carbonyl (C=O) groups excluding carboxylic acids is 5. The first-order valence-electron chi connectivity index (χ1n) is 15.1. The maximum Gasteiger partial charge on any atom is 0.255 e. The molecule has 0 aliphatic carbocycles. The fourth-order valence-corrected chi connectivity index (χ4v) is 6.21. The number of piperidine rings is 1. The number of rotatable bonds is 8. The third-order valence-corrected chi connectivity index (χ3v) is 8.58. The number of hydrogen-bond acceptors (Lipinski definition) is 6. The first kappa shape index (κ1) is 28.9. The molecule has 230 valence electrons. The second-order valence-corrected chi connectivity index (χ2v) is 11.5. The van der Waals surface area contributed by atoms with Crippen molar-refractivity contribution in [2.24, 2.45) is 0 Å². The van der Waals surface area contributed by atoms with E-state index < -0.39 is 11.9 Å². The Morgan fingerprint density at radius 3 is 2.39 bits per heavy atom. The molecule has 1 fully saturated rings. The highest BCUT2D eigenvalue weighted by Crippen LogP contribution is 2.29. The highest BCUT2D eigenvalue weighted by molar-refractivity contribution is 6.07. The lowest BCUT2D eigenvalue weighted by Crippen LogP contribution is -2.52. The maximum absolute atomic E-state index is 12.9. The second-order valence-electron chi connectivity index (χ2n) is 11.5. The predicted molar refractivity (Wildman–Crippen MR) is 169 cm³/mol. The van der Waals surface area contributed by atoms with Gasteiger partial charge in [0.1, 0.15) is 18.2 Å². The summed E-state index contributed by atoms with van der Waals surface area (Å²) in [5.74, 6) is -1.50. The minimum absolute atomic E-state index is 0.124. The summed E-state index contributed by atoms with van der Waals surface area (Å²) in [6, 6.07) is 23.7. The van der Waals surface area contributed by atoms with Gasteiger partial charge in [0.15, 0.2) is 0 Å². The lowest BCUT2D eigenvalue weighted by atomic mass is 10.0. The highest BCUT2D eigenvalue weighted by Gasteiger charge is 2.39. The number of nitrogens with zero attached hydrogens (tertiary/aromatic N) is 3. The van der Waals surface area contributed by atoms with E-state index in [1.54, 1.807) is 24.4 Å². The Morgan fingerprint density at radius 1 is 0.870 bits per heavy atom. The van der Waals surface area contributed by atoms with Crippen molar-refractivity contribution in [1.29, 1.82) is 0 Å². The topological polar surface area (TPSA) is 142 Å². The number of carbonyl (C=O) groups is 5. The lowest BCUT2D eigenvalue weighted by Gasteiger charge is -2.29. The molecular formula is C35H30N6O5. The number of fused-ring (bicyclic) bond motifs is 4. The highest BCUT2D eigenvalue weighted by atomic mass is 16.2. The van der Waals surface area contributed by atoms with Crippen LogP contribution in [-0.2, 0) is 40.6 Å². The van der Waals surface area contributed by atoms with E-state index in [1.807, 2.05) is 65.2 Å². The first-order chi connectivity index (χ1) is 22.4. The van der Waals surface area contributed by atoms with Crippen LogP contribution in [0, 0.1) is 0 Å². The van der Waals surface area contributed by atoms with Crippen LogP contribution in [0.3, 0.4) is 0 Å². The van der Waals surface area contributed by atoms with E-state index in [9.17, 15) is 24.0 Å². The zero-order valence-corrected chi connectivity index (χ0v) is 24.8. The summed E-state index contributed by atoms with van der Waals surface area (Å²) in [6.07, 6.45) is 2.19. The number of hydrogen-bond donors (Lipinski definition) is 3. The standard InChI is InChI=1S/C35H30N6O5/c42-30-14-13-29(34(45)39-30)41-19-24-16-23(11-12-25(24)35(41)46)33(44)38-18-22-9-7-21(8-10-22)17-37-31(43)20-40-28-6-2-1-4-26(28)27-5-3-15-36-32(27)40/h1-12,15-16,29H,13-14,17-20H2,(H,37,43)(H,38,44)(H,39,42,45)/t29-/m0/s1. The molecular weight excluding hydrogens is 584 g/mol. The molecule has 5 amide bonds. The second kappa shape index (κ2) is 11.9. The summed E-state index contributed by atoms with van der Waals surface area (Å²) in [7, 11) is 0. The molecule has 4 heterocycles. The Labute approximate surface area is 263 Å². The minimum atomic E-state index is -0.705. The van der Waals surface area contributed by atoms with Crippen LogP contribution in [0.4, 0.5) is 0 Å². The fraction of sp³-hybridized carbons (Fsp3) is 0.200. The molecule has 11 heteroatoms. The quantitative estimate of drug-likeness (QED) is 0.229. The Hall–Kier alpha value is -5.84. The Kier molecular flexibility index (Phi) is 7.49. The van der Waals surface area contributed by atoms with Crippen LogP contribution in [-0.4, -0.2) is 50.0 Å². The molecule has 0 bridgehead atoms. The Morgan fingerprint density at radius 2 is 1.61 bits per heavy atom. The van der Waals surface area contributed by atoms with Crippen molar-refractivity contribution in [3.05, 3.63) is 113 Å². The summed E-state index contributed by atoms with van der Waals surface area (Å²) in [5, 5.41) is 10.3. The Balaban J connectivity index is 0.927. The van der Waals surface area contributed by atoms with Crippen LogP contribution in [0.25, 0.3) is 21.9 Å². The number of para-hydroxylation sites is 1. The van der Waals surface area contributed by atoms with Gasteiger partial charge in [-0.25, -0.2) is 4.98 Å². The zero-order valence-electron chi connectivity index (χ0n) is 24.8. The SMILES string of the molecule is O=C(Cn1c2ccccc2c2cccnc21)NCc1ccc(CNC(=O)c2ccc3c(c2)CN([C@H]2CCC(=O)NC2=O)C3=O)cc1. The number of imide groups is 1. The van der Waals surface area contributed by atoms with Gasteiger partial charge in [-0.3, -0.25) is 29.3 Å². The van der Waals surface area contributed by atoms with Crippen molar-refractivity contribution in [3.8, 4) is 0 Å². The molecule has 2 aliphatic heterocycles. The van der Waals surface area contributed by atoms with E-state index in [0.29, 0.717) is 29.8 Å². The molecule has 0 spiro atoms. The summed E-state index contributed by atoms with van der Waals surface area (Å²) < 4.78 is 1.93. The van der Waals surface area contributed by atoms with Gasteiger partial charge >= 0.3 is 0 Å². The molecule has 5 aromatic rings. The number of benzene rings is 3. The van der Waals surface area contributed by atoms with Crippen LogP contribution < -0.4 is 16.0 Å². The molecule has 0 saturated carbocycles. The third kappa shape index (κ3) is 5.47. The molecule has 3 N–H and O–H groups in total. The van der Waals surface area contributed by atoms with Crippen LogP contribution in [0.1, 0.15) is 50.2 Å². The molecule has 11 nitrogen and oxygen atoms in total. The van der Waals surface area contributed by atoms with E-state index in [4.69, 9.17) is 0 Å². The molecule has 2 aromatic heterocycles. The van der Waals surface area contributed by atoms with Gasteiger partial charge in [0.05, 0.1) is 5.52 Å². The zero-order chi connectivity index (χ0) is 31.8. The van der Waals surface area contributed by atoms with Crippen molar-refractivity contribution in [2.75, 3.05) is 0 Å². The molecule has 2 aliphatic rings. The number of amides is 5. The van der Waals surface area contributed by atoms with Gasteiger partial charge in [0, 0.05) is 54.2 Å². The molecule has 7 rings (SSSR count). The predicted octanol–water partition coefficient (Wildman–Crippen LogP) is 3.20. The minimum Gasteiger partial charge on any atom is -0.350 e. The summed E-state index contributed by atoms with van der Waals surface area (Å²) in [6.45, 7) is 1.01. The maximum atomic E-state index is 12.9. The summed E-state index contributed by atoms with van der Waals surface area (Å²) in [4.78, 5) is 68.5. The van der Waals surface area contributed by atoms with E-state index in [2.05, 4.69) is 20.9 Å². The molecule has 46 heavy (non-hydrogen) atoms. The van der Waals surface area contributed by atoms with Crippen LogP contribution in [0.2, 0.25) is 0 Å². The largest absolute Gasteiger partial charge is 0.350 e.